The molecule has 3 heteroatoms. The summed E-state index contributed by atoms with van der Waals surface area (Å²) >= 11 is 0. The smallest absolute Gasteiger partial charge is 0.137 e. The minimum atomic E-state index is -0.536. The molecule has 0 aromatic rings. The Balaban J connectivity index is 3.44. The van der Waals surface area contributed by atoms with Crippen molar-refractivity contribution in [2.24, 2.45) is 5.73 Å². The van der Waals surface area contributed by atoms with Crippen molar-refractivity contribution < 1.29 is 9.90 Å². The number of carbonyl (C=O) groups is 1. The van der Waals surface area contributed by atoms with E-state index in [-0.39, 0.29) is 18.2 Å². The molecular formula is C7H15NO2. The quantitative estimate of drug-likeness (QED) is 0.588. The van der Waals surface area contributed by atoms with E-state index in [1.165, 1.54) is 0 Å². The number of aliphatic hydroxyl groups is 1. The van der Waals surface area contributed by atoms with Crippen molar-refractivity contribution in [1.82, 2.24) is 0 Å². The number of aliphatic hydroxyl groups excluding tert-OH is 1. The zero-order valence-electron chi connectivity index (χ0n) is 6.50. The highest BCUT2D eigenvalue weighted by Gasteiger charge is 2.07. The summed E-state index contributed by atoms with van der Waals surface area (Å²) in [7, 11) is 0. The lowest BCUT2D eigenvalue weighted by Crippen LogP contribution is -2.21. The number of hydrogen-bond donors (Lipinski definition) is 2. The lowest BCUT2D eigenvalue weighted by atomic mass is 10.1. The van der Waals surface area contributed by atoms with E-state index >= 15 is 0 Å². The molecule has 1 unspecified atom stereocenters. The van der Waals surface area contributed by atoms with Crippen LogP contribution in [0.5, 0.6) is 0 Å². The minimum Gasteiger partial charge on any atom is -0.393 e. The summed E-state index contributed by atoms with van der Waals surface area (Å²) in [5.74, 6) is 0.0324. The highest BCUT2D eigenvalue weighted by Crippen LogP contribution is 1.97. The van der Waals surface area contributed by atoms with Gasteiger partial charge in [0.2, 0.25) is 0 Å². The Kier molecular flexibility index (Phi) is 4.23. The van der Waals surface area contributed by atoms with Crippen molar-refractivity contribution in [2.75, 3.05) is 0 Å². The van der Waals surface area contributed by atoms with Crippen LogP contribution >= 0.6 is 0 Å². The monoisotopic (exact) mass is 145 g/mol. The Hall–Kier alpha value is -0.410. The van der Waals surface area contributed by atoms with E-state index in [4.69, 9.17) is 10.8 Å². The molecule has 0 bridgehead atoms. The molecule has 60 valence electrons. The fraction of sp³-hybridized carbons (Fsp3) is 0.857. The van der Waals surface area contributed by atoms with Gasteiger partial charge < -0.3 is 10.8 Å². The lowest BCUT2D eigenvalue weighted by molar-refractivity contribution is -0.120. The first-order valence-electron chi connectivity index (χ1n) is 3.47. The van der Waals surface area contributed by atoms with Crippen molar-refractivity contribution in [3.05, 3.63) is 0 Å². The highest BCUT2D eigenvalue weighted by atomic mass is 16.3. The Morgan fingerprint density at radius 2 is 2.00 bits per heavy atom. The maximum absolute atomic E-state index is 10.8. The third-order valence-electron chi connectivity index (χ3n) is 1.07. The van der Waals surface area contributed by atoms with Gasteiger partial charge in [0.15, 0.2) is 0 Å². The molecule has 10 heavy (non-hydrogen) atoms. The molecule has 0 amide bonds. The van der Waals surface area contributed by atoms with E-state index in [0.29, 0.717) is 6.42 Å². The van der Waals surface area contributed by atoms with E-state index in [2.05, 4.69) is 0 Å². The second kappa shape index (κ2) is 4.41. The maximum atomic E-state index is 10.8. The first-order chi connectivity index (χ1) is 4.52. The summed E-state index contributed by atoms with van der Waals surface area (Å²) in [6.07, 6.45) is 0.0538. The molecule has 0 aromatic carbocycles. The molecule has 0 spiro atoms. The number of Topliss-reactive ketones (excluding diaryl/α,β-unsaturated/α-hetero) is 1. The van der Waals surface area contributed by atoms with Crippen LogP contribution in [0.2, 0.25) is 0 Å². The van der Waals surface area contributed by atoms with Crippen molar-refractivity contribution in [3.63, 3.8) is 0 Å². The van der Waals surface area contributed by atoms with Gasteiger partial charge in [-0.05, 0) is 13.8 Å². The van der Waals surface area contributed by atoms with Gasteiger partial charge in [0.1, 0.15) is 5.78 Å². The van der Waals surface area contributed by atoms with Gasteiger partial charge in [-0.1, -0.05) is 0 Å². The Labute approximate surface area is 61.2 Å². The van der Waals surface area contributed by atoms with Crippen LogP contribution in [0.15, 0.2) is 0 Å². The van der Waals surface area contributed by atoms with E-state index < -0.39 is 6.10 Å². The number of rotatable bonds is 4. The zero-order chi connectivity index (χ0) is 8.15. The van der Waals surface area contributed by atoms with E-state index in [9.17, 15) is 4.79 Å². The number of hydrogen-bond acceptors (Lipinski definition) is 3. The molecule has 0 saturated heterocycles. The van der Waals surface area contributed by atoms with Crippen LogP contribution in [-0.2, 0) is 4.79 Å². The first kappa shape index (κ1) is 9.59. The number of carbonyl (C=O) groups excluding carboxylic acids is 1. The average molecular weight is 145 g/mol. The highest BCUT2D eigenvalue weighted by molar-refractivity contribution is 5.79. The fourth-order valence-corrected chi connectivity index (χ4v) is 0.772. The van der Waals surface area contributed by atoms with Crippen LogP contribution < -0.4 is 5.73 Å². The predicted molar refractivity (Wildman–Crippen MR) is 39.6 cm³/mol. The molecule has 0 aliphatic carbocycles. The molecular weight excluding hydrogens is 130 g/mol. The van der Waals surface area contributed by atoms with Crippen LogP contribution in [0.25, 0.3) is 0 Å². The Bertz CT molecular complexity index is 98.2. The van der Waals surface area contributed by atoms with Gasteiger partial charge >= 0.3 is 0 Å². The van der Waals surface area contributed by atoms with Gasteiger partial charge in [0.25, 0.3) is 0 Å². The fourth-order valence-electron chi connectivity index (χ4n) is 0.772. The molecule has 0 aromatic heterocycles. The van der Waals surface area contributed by atoms with Crippen LogP contribution in [0.4, 0.5) is 0 Å². The van der Waals surface area contributed by atoms with Crippen LogP contribution in [0, 0.1) is 0 Å². The van der Waals surface area contributed by atoms with Gasteiger partial charge in [-0.25, -0.2) is 0 Å². The van der Waals surface area contributed by atoms with Gasteiger partial charge in [0, 0.05) is 18.9 Å². The summed E-state index contributed by atoms with van der Waals surface area (Å²) in [5, 5.41) is 8.77. The summed E-state index contributed by atoms with van der Waals surface area (Å²) < 4.78 is 0. The predicted octanol–water partition coefficient (Wildman–Crippen LogP) is 0.0637. The molecule has 2 atom stereocenters. The molecule has 0 rings (SSSR count). The minimum absolute atomic E-state index is 0.0324. The van der Waals surface area contributed by atoms with E-state index in [0.717, 1.165) is 0 Å². The molecule has 3 N–H and O–H groups in total. The lowest BCUT2D eigenvalue weighted by Gasteiger charge is -2.04. The third-order valence-corrected chi connectivity index (χ3v) is 1.07. The average Bonchev–Trinajstić information content (AvgIpc) is 1.58. The second-order valence-electron chi connectivity index (χ2n) is 2.77. The second-order valence-corrected chi connectivity index (χ2v) is 2.77. The molecule has 3 nitrogen and oxygen atoms in total. The number of nitrogens with two attached hydrogens (primary N) is 1. The van der Waals surface area contributed by atoms with E-state index in [1.807, 2.05) is 0 Å². The topological polar surface area (TPSA) is 63.3 Å². The van der Waals surface area contributed by atoms with Crippen molar-refractivity contribution in [1.29, 1.82) is 0 Å². The standard InChI is InChI=1S/C7H15NO2/c1-5(8)3-7(10)4-6(2)9/h5-6,9H,3-4,8H2,1-2H3/t5?,6-/m1/s1. The molecule has 0 fully saturated rings. The van der Waals surface area contributed by atoms with Crippen molar-refractivity contribution in [3.8, 4) is 0 Å². The SMILES string of the molecule is CC(N)CC(=O)C[C@@H](C)O. The molecule has 0 aliphatic heterocycles. The summed E-state index contributed by atoms with van der Waals surface area (Å²) in [6.45, 7) is 3.37. The zero-order valence-corrected chi connectivity index (χ0v) is 6.50. The maximum Gasteiger partial charge on any atom is 0.137 e. The summed E-state index contributed by atoms with van der Waals surface area (Å²) in [5.41, 5.74) is 5.37. The first-order valence-corrected chi connectivity index (χ1v) is 3.47. The van der Waals surface area contributed by atoms with Gasteiger partial charge in [-0.2, -0.15) is 0 Å². The number of ketones is 1. The Morgan fingerprint density at radius 3 is 2.30 bits per heavy atom. The van der Waals surface area contributed by atoms with Crippen LogP contribution in [0.3, 0.4) is 0 Å². The third kappa shape index (κ3) is 5.72. The van der Waals surface area contributed by atoms with Crippen molar-refractivity contribution in [2.45, 2.75) is 38.8 Å². The summed E-state index contributed by atoms with van der Waals surface area (Å²) in [4.78, 5) is 10.8. The van der Waals surface area contributed by atoms with Crippen LogP contribution in [0.1, 0.15) is 26.7 Å². The van der Waals surface area contributed by atoms with Gasteiger partial charge in [0.05, 0.1) is 6.10 Å². The summed E-state index contributed by atoms with van der Waals surface area (Å²) in [6, 6.07) is -0.0914. The van der Waals surface area contributed by atoms with Crippen LogP contribution in [-0.4, -0.2) is 23.0 Å². The van der Waals surface area contributed by atoms with Crippen molar-refractivity contribution >= 4 is 5.78 Å². The van der Waals surface area contributed by atoms with E-state index in [1.54, 1.807) is 13.8 Å². The van der Waals surface area contributed by atoms with Gasteiger partial charge in [-0.15, -0.1) is 0 Å². The largest absolute Gasteiger partial charge is 0.393 e. The Morgan fingerprint density at radius 1 is 1.50 bits per heavy atom. The van der Waals surface area contributed by atoms with Gasteiger partial charge in [-0.3, -0.25) is 4.79 Å². The molecule has 0 radical (unpaired) electrons. The molecule has 0 saturated carbocycles. The molecule has 0 aliphatic rings. The normalized spacial score (nSPS) is 16.4. The molecule has 0 heterocycles.